The second-order valence-corrected chi connectivity index (χ2v) is 6.50. The molecule has 0 spiro atoms. The minimum absolute atomic E-state index is 0.00257. The Labute approximate surface area is 148 Å². The predicted molar refractivity (Wildman–Crippen MR) is 99.4 cm³/mol. The van der Waals surface area contributed by atoms with Gasteiger partial charge in [0.2, 0.25) is 0 Å². The second-order valence-electron chi connectivity index (χ2n) is 6.50. The van der Waals surface area contributed by atoms with Gasteiger partial charge in [-0.3, -0.25) is 9.69 Å². The van der Waals surface area contributed by atoms with Gasteiger partial charge in [0.05, 0.1) is 12.7 Å². The molecule has 0 aromatic heterocycles. The minimum atomic E-state index is -0.103. The molecule has 25 heavy (non-hydrogen) atoms. The third-order valence-electron chi connectivity index (χ3n) is 4.47. The van der Waals surface area contributed by atoms with Gasteiger partial charge in [-0.2, -0.15) is 0 Å². The molecule has 0 bridgehead atoms. The van der Waals surface area contributed by atoms with Crippen LogP contribution in [-0.4, -0.2) is 43.2 Å². The molecule has 1 aliphatic heterocycles. The largest absolute Gasteiger partial charge is 0.399 e. The summed E-state index contributed by atoms with van der Waals surface area (Å²) in [5.41, 5.74) is 9.22. The van der Waals surface area contributed by atoms with Gasteiger partial charge in [0.1, 0.15) is 0 Å². The van der Waals surface area contributed by atoms with Crippen LogP contribution in [0.4, 0.5) is 5.69 Å². The van der Waals surface area contributed by atoms with Gasteiger partial charge in [0.15, 0.2) is 0 Å². The number of morpholine rings is 1. The van der Waals surface area contributed by atoms with Crippen molar-refractivity contribution < 1.29 is 9.53 Å². The molecule has 1 saturated heterocycles. The molecule has 1 amide bonds. The zero-order chi connectivity index (χ0) is 17.6. The number of ether oxygens (including phenoxy) is 1. The van der Waals surface area contributed by atoms with Crippen LogP contribution >= 0.6 is 0 Å². The van der Waals surface area contributed by atoms with E-state index in [1.807, 2.05) is 19.1 Å². The zero-order valence-electron chi connectivity index (χ0n) is 14.6. The summed E-state index contributed by atoms with van der Waals surface area (Å²) in [6.45, 7) is 5.72. The average molecular weight is 339 g/mol. The highest BCUT2D eigenvalue weighted by atomic mass is 16.5. The molecule has 0 saturated carbocycles. The Morgan fingerprint density at radius 1 is 1.28 bits per heavy atom. The normalized spacial score (nSPS) is 18.0. The van der Waals surface area contributed by atoms with Gasteiger partial charge < -0.3 is 15.8 Å². The summed E-state index contributed by atoms with van der Waals surface area (Å²) in [5.74, 6) is -0.103. The summed E-state index contributed by atoms with van der Waals surface area (Å²) in [6, 6.07) is 15.8. The average Bonchev–Trinajstić information content (AvgIpc) is 2.63. The fourth-order valence-electron chi connectivity index (χ4n) is 3.08. The quantitative estimate of drug-likeness (QED) is 0.820. The number of carbonyl (C=O) groups excluding carboxylic acids is 1. The Morgan fingerprint density at radius 2 is 2.08 bits per heavy atom. The number of anilines is 1. The molecule has 2 aromatic carbocycles. The van der Waals surface area contributed by atoms with Crippen molar-refractivity contribution in [2.75, 3.05) is 32.0 Å². The van der Waals surface area contributed by atoms with Crippen molar-refractivity contribution in [3.63, 3.8) is 0 Å². The van der Waals surface area contributed by atoms with Gasteiger partial charge in [-0.1, -0.05) is 36.4 Å². The van der Waals surface area contributed by atoms with Crippen LogP contribution in [0.15, 0.2) is 48.5 Å². The van der Waals surface area contributed by atoms with Crippen LogP contribution in [0.3, 0.4) is 0 Å². The van der Waals surface area contributed by atoms with Crippen molar-refractivity contribution in [1.82, 2.24) is 10.2 Å². The van der Waals surface area contributed by atoms with Gasteiger partial charge in [-0.15, -0.1) is 0 Å². The zero-order valence-corrected chi connectivity index (χ0v) is 14.6. The van der Waals surface area contributed by atoms with Gasteiger partial charge >= 0.3 is 0 Å². The number of carbonyl (C=O) groups is 1. The summed E-state index contributed by atoms with van der Waals surface area (Å²) in [4.78, 5) is 14.8. The minimum Gasteiger partial charge on any atom is -0.399 e. The Balaban J connectivity index is 1.52. The highest BCUT2D eigenvalue weighted by molar-refractivity contribution is 5.96. The van der Waals surface area contributed by atoms with E-state index in [4.69, 9.17) is 10.5 Å². The lowest BCUT2D eigenvalue weighted by molar-refractivity contribution is -0.0292. The topological polar surface area (TPSA) is 67.6 Å². The number of benzene rings is 2. The predicted octanol–water partition coefficient (Wildman–Crippen LogP) is 2.21. The molecule has 5 nitrogen and oxygen atoms in total. The van der Waals surface area contributed by atoms with Crippen LogP contribution in [0.2, 0.25) is 0 Å². The van der Waals surface area contributed by atoms with E-state index in [9.17, 15) is 4.79 Å². The molecule has 0 radical (unpaired) electrons. The Bertz CT molecular complexity index is 718. The van der Waals surface area contributed by atoms with E-state index in [0.717, 1.165) is 25.2 Å². The van der Waals surface area contributed by atoms with E-state index in [1.165, 1.54) is 5.56 Å². The Morgan fingerprint density at radius 3 is 2.88 bits per heavy atom. The molecule has 1 unspecified atom stereocenters. The first-order valence-corrected chi connectivity index (χ1v) is 8.64. The van der Waals surface area contributed by atoms with E-state index in [0.29, 0.717) is 24.4 Å². The number of rotatable bonds is 5. The van der Waals surface area contributed by atoms with Crippen molar-refractivity contribution in [2.45, 2.75) is 19.6 Å². The van der Waals surface area contributed by atoms with Gasteiger partial charge in [-0.05, 0) is 30.2 Å². The molecule has 1 heterocycles. The highest BCUT2D eigenvalue weighted by Gasteiger charge is 2.21. The van der Waals surface area contributed by atoms with Crippen LogP contribution in [0.25, 0.3) is 0 Å². The molecule has 5 heteroatoms. The molecular formula is C20H25N3O2. The first-order valence-electron chi connectivity index (χ1n) is 8.64. The lowest BCUT2D eigenvalue weighted by Gasteiger charge is -2.33. The van der Waals surface area contributed by atoms with Crippen molar-refractivity contribution in [3.8, 4) is 0 Å². The fraction of sp³-hybridized carbons (Fsp3) is 0.350. The summed E-state index contributed by atoms with van der Waals surface area (Å²) in [7, 11) is 0. The third-order valence-corrected chi connectivity index (χ3v) is 4.47. The van der Waals surface area contributed by atoms with Gasteiger partial charge in [0.25, 0.3) is 5.91 Å². The van der Waals surface area contributed by atoms with Crippen molar-refractivity contribution in [3.05, 3.63) is 65.2 Å². The number of amides is 1. The van der Waals surface area contributed by atoms with E-state index in [2.05, 4.69) is 34.5 Å². The molecule has 1 aliphatic rings. The Kier molecular flexibility index (Phi) is 5.68. The first-order chi connectivity index (χ1) is 12.1. The van der Waals surface area contributed by atoms with Crippen molar-refractivity contribution in [2.24, 2.45) is 0 Å². The SMILES string of the molecule is Cc1ccc(N)cc1C(=O)NCC1CN(Cc2ccccc2)CCO1. The second kappa shape index (κ2) is 8.14. The van der Waals surface area contributed by atoms with Crippen LogP contribution in [-0.2, 0) is 11.3 Å². The van der Waals surface area contributed by atoms with Crippen LogP contribution in [0, 0.1) is 6.92 Å². The molecule has 132 valence electrons. The summed E-state index contributed by atoms with van der Waals surface area (Å²) < 4.78 is 5.81. The number of nitrogens with two attached hydrogens (primary N) is 1. The molecule has 1 fully saturated rings. The summed E-state index contributed by atoms with van der Waals surface area (Å²) in [6.07, 6.45) is 0.00257. The van der Waals surface area contributed by atoms with E-state index in [-0.39, 0.29) is 12.0 Å². The summed E-state index contributed by atoms with van der Waals surface area (Å²) >= 11 is 0. The van der Waals surface area contributed by atoms with Gasteiger partial charge in [-0.25, -0.2) is 0 Å². The number of nitrogen functional groups attached to an aromatic ring is 1. The molecule has 1 atom stereocenters. The van der Waals surface area contributed by atoms with E-state index >= 15 is 0 Å². The van der Waals surface area contributed by atoms with Gasteiger partial charge in [0, 0.05) is 37.4 Å². The molecule has 3 N–H and O–H groups in total. The van der Waals surface area contributed by atoms with Crippen LogP contribution in [0.1, 0.15) is 21.5 Å². The van der Waals surface area contributed by atoms with E-state index < -0.39 is 0 Å². The lowest BCUT2D eigenvalue weighted by Crippen LogP contribution is -2.47. The fourth-order valence-corrected chi connectivity index (χ4v) is 3.08. The number of hydrogen-bond acceptors (Lipinski definition) is 4. The Hall–Kier alpha value is -2.37. The molecule has 0 aliphatic carbocycles. The smallest absolute Gasteiger partial charge is 0.251 e. The monoisotopic (exact) mass is 339 g/mol. The highest BCUT2D eigenvalue weighted by Crippen LogP contribution is 2.13. The van der Waals surface area contributed by atoms with Crippen LogP contribution < -0.4 is 11.1 Å². The summed E-state index contributed by atoms with van der Waals surface area (Å²) in [5, 5.41) is 2.97. The first kappa shape index (κ1) is 17.5. The van der Waals surface area contributed by atoms with Crippen molar-refractivity contribution >= 4 is 11.6 Å². The molecular weight excluding hydrogens is 314 g/mol. The lowest BCUT2D eigenvalue weighted by atomic mass is 10.1. The number of hydrogen-bond donors (Lipinski definition) is 2. The molecule has 2 aromatic rings. The maximum Gasteiger partial charge on any atom is 0.251 e. The van der Waals surface area contributed by atoms with Crippen LogP contribution in [0.5, 0.6) is 0 Å². The molecule has 3 rings (SSSR count). The van der Waals surface area contributed by atoms with E-state index in [1.54, 1.807) is 12.1 Å². The number of nitrogens with one attached hydrogen (secondary N) is 1. The standard InChI is InChI=1S/C20H25N3O2/c1-15-7-8-17(21)11-19(15)20(24)22-12-18-14-23(9-10-25-18)13-16-5-3-2-4-6-16/h2-8,11,18H,9-10,12-14,21H2,1H3,(H,22,24). The number of nitrogens with zero attached hydrogens (tertiary/aromatic N) is 1. The number of aryl methyl sites for hydroxylation is 1. The van der Waals surface area contributed by atoms with Crippen molar-refractivity contribution in [1.29, 1.82) is 0 Å². The maximum absolute atomic E-state index is 12.4. The maximum atomic E-state index is 12.4. The third kappa shape index (κ3) is 4.81.